The molecule has 0 unspecified atom stereocenters. The molecule has 0 amide bonds. The molecule has 356 valence electrons. The monoisotopic (exact) mass is 886 g/mol. The second-order valence-corrected chi connectivity index (χ2v) is 21.1. The van der Waals surface area contributed by atoms with Gasteiger partial charge in [-0.05, 0) is 112 Å². The molecule has 8 aliphatic rings. The van der Waals surface area contributed by atoms with Crippen molar-refractivity contribution in [3.63, 3.8) is 0 Å². The van der Waals surface area contributed by atoms with Gasteiger partial charge in [0.15, 0.2) is 25.2 Å². The lowest BCUT2D eigenvalue weighted by atomic mass is 9.44. The first-order valence-corrected chi connectivity index (χ1v) is 23.4. The van der Waals surface area contributed by atoms with Crippen LogP contribution in [0.15, 0.2) is 0 Å². The van der Waals surface area contributed by atoms with Gasteiger partial charge in [-0.25, -0.2) is 0 Å². The van der Waals surface area contributed by atoms with Crippen molar-refractivity contribution in [3.8, 4) is 0 Å². The van der Waals surface area contributed by atoms with E-state index in [1.807, 2.05) is 0 Å². The Morgan fingerprint density at radius 1 is 0.629 bits per heavy atom. The Balaban J connectivity index is 0.917. The molecule has 0 bridgehead atoms. The third-order valence-corrected chi connectivity index (χ3v) is 17.7. The largest absolute Gasteiger partial charge is 0.394 e. The topological polar surface area (TPSA) is 264 Å². The summed E-state index contributed by atoms with van der Waals surface area (Å²) in [6, 6.07) is 0. The number of hydrogen-bond donors (Lipinski definition) is 9. The number of carbonyl (C=O) groups is 1. The molecule has 4 heterocycles. The summed E-state index contributed by atoms with van der Waals surface area (Å²) in [6.07, 6.45) is -13.0. The molecule has 0 radical (unpaired) electrons. The number of aliphatic hydroxyl groups is 9. The van der Waals surface area contributed by atoms with E-state index >= 15 is 0 Å². The average molecular weight is 887 g/mol. The molecule has 17 heteroatoms. The van der Waals surface area contributed by atoms with E-state index in [9.17, 15) is 50.8 Å². The lowest BCUT2D eigenvalue weighted by Gasteiger charge is -2.61. The number of aliphatic hydroxyl groups excluding tert-OH is 9. The van der Waals surface area contributed by atoms with E-state index in [1.54, 1.807) is 6.92 Å². The third kappa shape index (κ3) is 8.27. The van der Waals surface area contributed by atoms with Gasteiger partial charge in [0, 0.05) is 18.3 Å². The van der Waals surface area contributed by atoms with E-state index in [-0.39, 0.29) is 46.4 Å². The Morgan fingerprint density at radius 3 is 1.89 bits per heavy atom. The van der Waals surface area contributed by atoms with Crippen LogP contribution in [0.1, 0.15) is 106 Å². The van der Waals surface area contributed by atoms with Crippen LogP contribution in [-0.4, -0.2) is 169 Å². The lowest BCUT2D eigenvalue weighted by Crippen LogP contribution is -2.64. The van der Waals surface area contributed by atoms with E-state index < -0.39 is 111 Å². The fourth-order valence-corrected chi connectivity index (χ4v) is 13.8. The van der Waals surface area contributed by atoms with E-state index in [1.165, 1.54) is 6.92 Å². The van der Waals surface area contributed by atoms with Gasteiger partial charge < -0.3 is 79.1 Å². The van der Waals surface area contributed by atoms with Crippen molar-refractivity contribution >= 4 is 5.78 Å². The van der Waals surface area contributed by atoms with Gasteiger partial charge in [0.05, 0.1) is 31.0 Å². The molecule has 0 aromatic rings. The third-order valence-electron chi connectivity index (χ3n) is 17.7. The molecule has 4 saturated carbocycles. The van der Waals surface area contributed by atoms with Crippen LogP contribution in [0.4, 0.5) is 0 Å². The molecule has 27 atom stereocenters. The summed E-state index contributed by atoms with van der Waals surface area (Å²) in [7, 11) is 0. The first-order valence-electron chi connectivity index (χ1n) is 23.4. The molecular formula is C45H74O17. The molecule has 0 spiro atoms. The molecule has 8 fully saturated rings. The number of fused-ring (bicyclic) bond motifs is 5. The van der Waals surface area contributed by atoms with Crippen LogP contribution in [-0.2, 0) is 38.0 Å². The highest BCUT2D eigenvalue weighted by Crippen LogP contribution is 2.68. The van der Waals surface area contributed by atoms with Crippen molar-refractivity contribution in [1.82, 2.24) is 0 Å². The molecule has 8 rings (SSSR count). The predicted octanol–water partition coefficient (Wildman–Crippen LogP) is 0.483. The number of ether oxygens (including phenoxy) is 7. The molecule has 4 aliphatic heterocycles. The average Bonchev–Trinajstić information content (AvgIpc) is 3.60. The van der Waals surface area contributed by atoms with Crippen LogP contribution in [0.5, 0.6) is 0 Å². The van der Waals surface area contributed by atoms with Crippen LogP contribution < -0.4 is 0 Å². The summed E-state index contributed by atoms with van der Waals surface area (Å²) in [6.45, 7) is 11.6. The van der Waals surface area contributed by atoms with Crippen LogP contribution in [0.25, 0.3) is 0 Å². The number of ketones is 1. The highest BCUT2D eigenvalue weighted by Gasteiger charge is 2.64. The molecule has 17 nitrogen and oxygen atoms in total. The Morgan fingerprint density at radius 2 is 1.24 bits per heavy atom. The fraction of sp³-hybridized carbons (Fsp3) is 0.978. The zero-order valence-corrected chi connectivity index (χ0v) is 37.0. The van der Waals surface area contributed by atoms with Crippen molar-refractivity contribution in [2.75, 3.05) is 6.61 Å². The van der Waals surface area contributed by atoms with Crippen molar-refractivity contribution < 1.29 is 83.9 Å². The first-order chi connectivity index (χ1) is 29.3. The van der Waals surface area contributed by atoms with Crippen LogP contribution in [0.2, 0.25) is 0 Å². The van der Waals surface area contributed by atoms with E-state index in [2.05, 4.69) is 27.7 Å². The van der Waals surface area contributed by atoms with Gasteiger partial charge in [0.1, 0.15) is 66.8 Å². The number of Topliss-reactive ketones (excluding diaryl/α,β-unsaturated/α-hetero) is 1. The van der Waals surface area contributed by atoms with Crippen molar-refractivity contribution in [2.45, 2.75) is 216 Å². The molecule has 0 aromatic carbocycles. The number of hydrogen-bond acceptors (Lipinski definition) is 17. The van der Waals surface area contributed by atoms with Crippen LogP contribution in [0.3, 0.4) is 0 Å². The second-order valence-electron chi connectivity index (χ2n) is 21.1. The molecule has 62 heavy (non-hydrogen) atoms. The summed E-state index contributed by atoms with van der Waals surface area (Å²) in [5, 5.41) is 94.4. The van der Waals surface area contributed by atoms with Gasteiger partial charge in [0.2, 0.25) is 0 Å². The van der Waals surface area contributed by atoms with Gasteiger partial charge in [0.25, 0.3) is 0 Å². The SMILES string of the molecule is C[C@@H]([C@H]1CC[C@H]2[C@@H]3CC(=O)[C@H]4C[C@@H](O[C@@H]5O[C@H](CO)[C@@H](O)[C@H](O)[C@H]5O[C@@H]5O[C@@H](C)[C@H](O)[C@@H](O)[C@H]5O)CC[C@]4(C)[C@H]3CC[C@]12C)[C@H]1CC[C@H](C)[C@@H](O[C@@H]2O[C@@H](C)[C@H](O)[C@@H](O)[C@H]2O)O1. The summed E-state index contributed by atoms with van der Waals surface area (Å²) >= 11 is 0. The molecule has 0 aromatic heterocycles. The second kappa shape index (κ2) is 18.3. The maximum atomic E-state index is 14.4. The predicted molar refractivity (Wildman–Crippen MR) is 215 cm³/mol. The summed E-state index contributed by atoms with van der Waals surface area (Å²) < 4.78 is 42.7. The number of carbonyl (C=O) groups excluding carboxylic acids is 1. The first kappa shape index (κ1) is 47.5. The van der Waals surface area contributed by atoms with Crippen molar-refractivity contribution in [1.29, 1.82) is 0 Å². The van der Waals surface area contributed by atoms with E-state index in [0.29, 0.717) is 37.0 Å². The smallest absolute Gasteiger partial charge is 0.189 e. The minimum absolute atomic E-state index is 0.0229. The normalized spacial score (nSPS) is 56.4. The highest BCUT2D eigenvalue weighted by atomic mass is 16.8. The quantitative estimate of drug-likeness (QED) is 0.143. The Bertz CT molecular complexity index is 1560. The minimum Gasteiger partial charge on any atom is -0.394 e. The lowest BCUT2D eigenvalue weighted by molar-refractivity contribution is -0.370. The fourth-order valence-electron chi connectivity index (χ4n) is 13.8. The maximum Gasteiger partial charge on any atom is 0.189 e. The van der Waals surface area contributed by atoms with Gasteiger partial charge in [-0.2, -0.15) is 0 Å². The Kier molecular flexibility index (Phi) is 14.0. The molecule has 4 aliphatic carbocycles. The molecule has 9 N–H and O–H groups in total. The zero-order valence-electron chi connectivity index (χ0n) is 37.0. The van der Waals surface area contributed by atoms with Gasteiger partial charge in [-0.15, -0.1) is 0 Å². The zero-order chi connectivity index (χ0) is 44.7. The van der Waals surface area contributed by atoms with Crippen molar-refractivity contribution in [2.24, 2.45) is 52.3 Å². The van der Waals surface area contributed by atoms with Crippen molar-refractivity contribution in [3.05, 3.63) is 0 Å². The molecular weight excluding hydrogens is 812 g/mol. The van der Waals surface area contributed by atoms with Gasteiger partial charge in [-0.1, -0.05) is 27.7 Å². The molecule has 4 saturated heterocycles. The minimum atomic E-state index is -1.67. The maximum absolute atomic E-state index is 14.4. The van der Waals surface area contributed by atoms with Gasteiger partial charge >= 0.3 is 0 Å². The van der Waals surface area contributed by atoms with E-state index in [0.717, 1.165) is 44.9 Å². The summed E-state index contributed by atoms with van der Waals surface area (Å²) in [5.41, 5.74) is -0.222. The summed E-state index contributed by atoms with van der Waals surface area (Å²) in [5.74, 6) is 1.60. The highest BCUT2D eigenvalue weighted by molar-refractivity contribution is 5.83. The van der Waals surface area contributed by atoms with Gasteiger partial charge in [-0.3, -0.25) is 4.79 Å². The van der Waals surface area contributed by atoms with Crippen LogP contribution >= 0.6 is 0 Å². The standard InChI is InChI=1S/C45H74O17/c1-18-7-10-29(59-40(18)62-42-38(55)35(52)32(49)21(4)57-42)19(2)24-8-9-25-23-16-28(47)27-15-22(11-13-45(27,6)26(23)12-14-44(24,25)5)58-43-39(36(53)33(50)30(17-46)60-43)61-41-37(54)34(51)31(48)20(3)56-41/h18-27,29-43,46,48-55H,7-17H2,1-6H3/t18-,19-,20-,21-,22-,23-,24+,25-,26-,27+,29+,30+,31-,32-,33+,34+,35+,36-,37+,38+,39+,40+,41-,42-,43+,44+,45+/m0/s1. The number of rotatable bonds is 9. The van der Waals surface area contributed by atoms with Crippen LogP contribution in [0, 0.1) is 52.3 Å². The summed E-state index contributed by atoms with van der Waals surface area (Å²) in [4.78, 5) is 14.4. The van der Waals surface area contributed by atoms with E-state index in [4.69, 9.17) is 33.2 Å². The Labute approximate surface area is 364 Å². The Hall–Kier alpha value is -0.970.